The molecule has 0 atom stereocenters. The van der Waals surface area contributed by atoms with Crippen LogP contribution in [0, 0.1) is 0 Å². The topological polar surface area (TPSA) is 35.5 Å². The summed E-state index contributed by atoms with van der Waals surface area (Å²) < 4.78 is 10.8. The molecule has 104 valence electrons. The van der Waals surface area contributed by atoms with Gasteiger partial charge in [-0.05, 0) is 18.6 Å². The fourth-order valence-electron chi connectivity index (χ4n) is 1.89. The minimum absolute atomic E-state index is 0.233. The van der Waals surface area contributed by atoms with E-state index in [1.165, 1.54) is 0 Å². The molecule has 3 heteroatoms. The van der Waals surface area contributed by atoms with E-state index in [9.17, 15) is 4.79 Å². The Kier molecular flexibility index (Phi) is 5.18. The van der Waals surface area contributed by atoms with Gasteiger partial charge in [-0.1, -0.05) is 48.5 Å². The summed E-state index contributed by atoms with van der Waals surface area (Å²) in [5, 5.41) is 0. The van der Waals surface area contributed by atoms with Crippen LogP contribution in [0.2, 0.25) is 0 Å². The van der Waals surface area contributed by atoms with E-state index in [4.69, 9.17) is 9.47 Å². The van der Waals surface area contributed by atoms with E-state index in [2.05, 4.69) is 0 Å². The average molecular weight is 270 g/mol. The van der Waals surface area contributed by atoms with E-state index >= 15 is 0 Å². The molecule has 0 N–H and O–H groups in total. The van der Waals surface area contributed by atoms with Crippen molar-refractivity contribution in [2.24, 2.45) is 0 Å². The summed E-state index contributed by atoms with van der Waals surface area (Å²) in [6.07, 6.45) is 0.235. The molecule has 0 saturated heterocycles. The van der Waals surface area contributed by atoms with E-state index in [1.54, 1.807) is 6.92 Å². The minimum atomic E-state index is -0.233. The first-order chi connectivity index (χ1) is 9.79. The van der Waals surface area contributed by atoms with Crippen molar-refractivity contribution in [3.05, 3.63) is 65.7 Å². The molecule has 0 aromatic heterocycles. The van der Waals surface area contributed by atoms with Crippen molar-refractivity contribution in [2.45, 2.75) is 20.0 Å². The predicted molar refractivity (Wildman–Crippen MR) is 77.6 cm³/mol. The second kappa shape index (κ2) is 7.34. The molecule has 20 heavy (non-hydrogen) atoms. The number of ether oxygens (including phenoxy) is 2. The second-order valence-electron chi connectivity index (χ2n) is 4.36. The Morgan fingerprint density at radius 3 is 2.45 bits per heavy atom. The molecule has 0 aliphatic carbocycles. The quantitative estimate of drug-likeness (QED) is 0.755. The SMILES string of the molecule is CCOC(=O)Cc1ccccc1OCc1ccccc1. The lowest BCUT2D eigenvalue weighted by atomic mass is 10.1. The summed E-state index contributed by atoms with van der Waals surface area (Å²) in [5.41, 5.74) is 1.94. The summed E-state index contributed by atoms with van der Waals surface area (Å²) in [6, 6.07) is 17.5. The largest absolute Gasteiger partial charge is 0.489 e. The summed E-state index contributed by atoms with van der Waals surface area (Å²) in [5.74, 6) is 0.493. The molecule has 0 saturated carbocycles. The number of para-hydroxylation sites is 1. The zero-order chi connectivity index (χ0) is 14.2. The van der Waals surface area contributed by atoms with Crippen LogP contribution in [0.4, 0.5) is 0 Å². The van der Waals surface area contributed by atoms with Gasteiger partial charge < -0.3 is 9.47 Å². The van der Waals surface area contributed by atoms with Gasteiger partial charge in [0, 0.05) is 5.56 Å². The Balaban J connectivity index is 2.02. The van der Waals surface area contributed by atoms with Crippen molar-refractivity contribution in [1.82, 2.24) is 0 Å². The zero-order valence-electron chi connectivity index (χ0n) is 11.5. The lowest BCUT2D eigenvalue weighted by Crippen LogP contribution is -2.09. The molecule has 0 aliphatic heterocycles. The monoisotopic (exact) mass is 270 g/mol. The summed E-state index contributed by atoms with van der Waals surface area (Å²) >= 11 is 0. The van der Waals surface area contributed by atoms with E-state index in [1.807, 2.05) is 54.6 Å². The highest BCUT2D eigenvalue weighted by Gasteiger charge is 2.09. The van der Waals surface area contributed by atoms with Crippen LogP contribution in [0.5, 0.6) is 5.75 Å². The van der Waals surface area contributed by atoms with Crippen LogP contribution in [-0.2, 0) is 22.6 Å². The highest BCUT2D eigenvalue weighted by Crippen LogP contribution is 2.20. The van der Waals surface area contributed by atoms with Crippen LogP contribution in [0.25, 0.3) is 0 Å². The molecule has 2 rings (SSSR count). The van der Waals surface area contributed by atoms with Gasteiger partial charge in [0.15, 0.2) is 0 Å². The van der Waals surface area contributed by atoms with Gasteiger partial charge in [0.2, 0.25) is 0 Å². The third-order valence-electron chi connectivity index (χ3n) is 2.85. The first kappa shape index (κ1) is 14.1. The predicted octanol–water partition coefficient (Wildman–Crippen LogP) is 3.37. The molecular weight excluding hydrogens is 252 g/mol. The van der Waals surface area contributed by atoms with Crippen LogP contribution < -0.4 is 4.74 Å². The summed E-state index contributed by atoms with van der Waals surface area (Å²) in [6.45, 7) is 2.68. The fraction of sp³-hybridized carbons (Fsp3) is 0.235. The molecule has 0 bridgehead atoms. The number of benzene rings is 2. The second-order valence-corrected chi connectivity index (χ2v) is 4.36. The van der Waals surface area contributed by atoms with Gasteiger partial charge in [-0.3, -0.25) is 4.79 Å². The standard InChI is InChI=1S/C17H18O3/c1-2-19-17(18)12-15-10-6-7-11-16(15)20-13-14-8-4-3-5-9-14/h3-11H,2,12-13H2,1H3. The van der Waals surface area contributed by atoms with E-state index in [-0.39, 0.29) is 12.4 Å². The van der Waals surface area contributed by atoms with Crippen LogP contribution >= 0.6 is 0 Å². The Hall–Kier alpha value is -2.29. The molecule has 0 radical (unpaired) electrons. The lowest BCUT2D eigenvalue weighted by molar-refractivity contribution is -0.142. The van der Waals surface area contributed by atoms with Crippen molar-refractivity contribution in [2.75, 3.05) is 6.61 Å². The normalized spacial score (nSPS) is 10.1. The van der Waals surface area contributed by atoms with E-state index < -0.39 is 0 Å². The molecule has 0 fully saturated rings. The van der Waals surface area contributed by atoms with Crippen molar-refractivity contribution >= 4 is 5.97 Å². The number of carbonyl (C=O) groups is 1. The van der Waals surface area contributed by atoms with Crippen molar-refractivity contribution in [1.29, 1.82) is 0 Å². The third kappa shape index (κ3) is 4.12. The van der Waals surface area contributed by atoms with Crippen molar-refractivity contribution < 1.29 is 14.3 Å². The molecule has 2 aromatic carbocycles. The fourth-order valence-corrected chi connectivity index (χ4v) is 1.89. The van der Waals surface area contributed by atoms with Crippen molar-refractivity contribution in [3.8, 4) is 5.75 Å². The molecule has 0 aliphatic rings. The van der Waals surface area contributed by atoms with E-state index in [0.717, 1.165) is 16.9 Å². The Morgan fingerprint density at radius 2 is 1.70 bits per heavy atom. The molecule has 0 unspecified atom stereocenters. The molecule has 3 nitrogen and oxygen atoms in total. The molecule has 2 aromatic rings. The molecule has 0 spiro atoms. The van der Waals surface area contributed by atoms with Crippen molar-refractivity contribution in [3.63, 3.8) is 0 Å². The van der Waals surface area contributed by atoms with Crippen LogP contribution in [0.3, 0.4) is 0 Å². The van der Waals surface area contributed by atoms with Crippen LogP contribution in [0.1, 0.15) is 18.1 Å². The first-order valence-electron chi connectivity index (χ1n) is 6.70. The molecule has 0 heterocycles. The van der Waals surface area contributed by atoms with Gasteiger partial charge >= 0.3 is 5.97 Å². The number of hydrogen-bond acceptors (Lipinski definition) is 3. The lowest BCUT2D eigenvalue weighted by Gasteiger charge is -2.11. The number of carbonyl (C=O) groups excluding carboxylic acids is 1. The average Bonchev–Trinajstić information content (AvgIpc) is 2.48. The number of esters is 1. The minimum Gasteiger partial charge on any atom is -0.489 e. The van der Waals surface area contributed by atoms with Crippen LogP contribution in [-0.4, -0.2) is 12.6 Å². The summed E-state index contributed by atoms with van der Waals surface area (Å²) in [7, 11) is 0. The highest BCUT2D eigenvalue weighted by molar-refractivity contribution is 5.73. The zero-order valence-corrected chi connectivity index (χ0v) is 11.5. The van der Waals surface area contributed by atoms with Gasteiger partial charge in [-0.2, -0.15) is 0 Å². The van der Waals surface area contributed by atoms with Gasteiger partial charge in [0.1, 0.15) is 12.4 Å². The first-order valence-corrected chi connectivity index (χ1v) is 6.70. The maximum atomic E-state index is 11.6. The maximum Gasteiger partial charge on any atom is 0.310 e. The molecular formula is C17H18O3. The van der Waals surface area contributed by atoms with Gasteiger partial charge in [0.25, 0.3) is 0 Å². The Morgan fingerprint density at radius 1 is 1.00 bits per heavy atom. The Bertz CT molecular complexity index is 549. The number of rotatable bonds is 6. The smallest absolute Gasteiger partial charge is 0.310 e. The third-order valence-corrected chi connectivity index (χ3v) is 2.85. The highest BCUT2D eigenvalue weighted by atomic mass is 16.5. The Labute approximate surface area is 119 Å². The van der Waals surface area contributed by atoms with Gasteiger partial charge in [-0.25, -0.2) is 0 Å². The van der Waals surface area contributed by atoms with E-state index in [0.29, 0.717) is 13.2 Å². The maximum absolute atomic E-state index is 11.6. The number of hydrogen-bond donors (Lipinski definition) is 0. The van der Waals surface area contributed by atoms with Gasteiger partial charge in [0.05, 0.1) is 13.0 Å². The van der Waals surface area contributed by atoms with Crippen LogP contribution in [0.15, 0.2) is 54.6 Å². The summed E-state index contributed by atoms with van der Waals surface area (Å²) in [4.78, 5) is 11.6. The van der Waals surface area contributed by atoms with Gasteiger partial charge in [-0.15, -0.1) is 0 Å². The molecule has 0 amide bonds.